The van der Waals surface area contributed by atoms with Crippen LogP contribution < -0.4 is 14.8 Å². The molecule has 31 heavy (non-hydrogen) atoms. The van der Waals surface area contributed by atoms with Crippen molar-refractivity contribution in [3.05, 3.63) is 35.0 Å². The number of carbonyl (C=O) groups excluding carboxylic acids is 2. The third kappa shape index (κ3) is 3.62. The quantitative estimate of drug-likeness (QED) is 0.647. The summed E-state index contributed by atoms with van der Waals surface area (Å²) in [5, 5.41) is 6.50. The normalized spacial score (nSPS) is 21.1. The van der Waals surface area contributed by atoms with E-state index in [9.17, 15) is 9.59 Å². The van der Waals surface area contributed by atoms with E-state index in [0.717, 1.165) is 5.56 Å². The summed E-state index contributed by atoms with van der Waals surface area (Å²) in [6.45, 7) is 6.21. The zero-order valence-electron chi connectivity index (χ0n) is 18.2. The summed E-state index contributed by atoms with van der Waals surface area (Å²) >= 11 is 1.61. The second kappa shape index (κ2) is 8.07. The molecule has 1 saturated heterocycles. The van der Waals surface area contributed by atoms with Crippen molar-refractivity contribution in [2.75, 3.05) is 20.8 Å². The minimum atomic E-state index is -0.608. The maximum Gasteiger partial charge on any atom is 0.260 e. The number of nitrogens with one attached hydrogen (secondary N) is 1. The van der Waals surface area contributed by atoms with Crippen LogP contribution >= 0.6 is 11.8 Å². The number of methoxy groups -OCH3 is 2. The fourth-order valence-corrected chi connectivity index (χ4v) is 5.82. The summed E-state index contributed by atoms with van der Waals surface area (Å²) in [5.74, 6) is 1.66. The fourth-order valence-electron chi connectivity index (χ4n) is 4.25. The van der Waals surface area contributed by atoms with Gasteiger partial charge in [0.05, 0.1) is 19.8 Å². The number of aryl methyl sites for hydroxylation is 2. The number of carbonyl (C=O) groups is 2. The molecule has 10 heteroatoms. The molecule has 0 radical (unpaired) electrons. The number of hydrogen-bond donors (Lipinski definition) is 1. The maximum absolute atomic E-state index is 13.4. The summed E-state index contributed by atoms with van der Waals surface area (Å²) in [7, 11) is 3.05. The molecule has 166 valence electrons. The van der Waals surface area contributed by atoms with Crippen LogP contribution in [0, 0.1) is 6.92 Å². The Morgan fingerprint density at radius 1 is 1.32 bits per heavy atom. The number of hydrogen-bond acceptors (Lipinski definition) is 8. The molecule has 1 N–H and O–H groups in total. The first-order chi connectivity index (χ1) is 14.8. The minimum absolute atomic E-state index is 0.172. The number of rotatable bonds is 7. The Labute approximate surface area is 184 Å². The second-order valence-electron chi connectivity index (χ2n) is 8.08. The first-order valence-electron chi connectivity index (χ1n) is 10.1. The molecular formula is C21H26N4O5S. The highest BCUT2D eigenvalue weighted by atomic mass is 32.2. The van der Waals surface area contributed by atoms with Crippen molar-refractivity contribution in [3.8, 4) is 11.5 Å². The summed E-state index contributed by atoms with van der Waals surface area (Å²) in [6, 6.07) is 3.08. The van der Waals surface area contributed by atoms with Gasteiger partial charge in [0.15, 0.2) is 17.3 Å². The van der Waals surface area contributed by atoms with Gasteiger partial charge in [0, 0.05) is 23.3 Å². The monoisotopic (exact) mass is 446 g/mol. The largest absolute Gasteiger partial charge is 0.493 e. The van der Waals surface area contributed by atoms with Crippen LogP contribution in [0.4, 0.5) is 0 Å². The van der Waals surface area contributed by atoms with Crippen LogP contribution in [0.3, 0.4) is 0 Å². The molecule has 1 fully saturated rings. The van der Waals surface area contributed by atoms with Crippen molar-refractivity contribution in [3.63, 3.8) is 0 Å². The molecule has 2 aliphatic rings. The molecule has 0 spiro atoms. The van der Waals surface area contributed by atoms with E-state index in [1.807, 2.05) is 19.9 Å². The third-order valence-electron chi connectivity index (χ3n) is 5.58. The molecule has 4 rings (SSSR count). The average molecular weight is 447 g/mol. The van der Waals surface area contributed by atoms with Crippen LogP contribution in [0.5, 0.6) is 11.5 Å². The van der Waals surface area contributed by atoms with Crippen LogP contribution in [-0.4, -0.2) is 58.4 Å². The number of amides is 2. The Balaban J connectivity index is 1.51. The Morgan fingerprint density at radius 3 is 2.74 bits per heavy atom. The van der Waals surface area contributed by atoms with Crippen molar-refractivity contribution in [1.29, 1.82) is 0 Å². The van der Waals surface area contributed by atoms with Crippen LogP contribution in [0.15, 0.2) is 16.7 Å². The molecule has 0 unspecified atom stereocenters. The van der Waals surface area contributed by atoms with E-state index in [0.29, 0.717) is 48.2 Å². The highest BCUT2D eigenvalue weighted by Crippen LogP contribution is 2.58. The Kier molecular flexibility index (Phi) is 5.59. The van der Waals surface area contributed by atoms with E-state index in [-0.39, 0.29) is 17.2 Å². The third-order valence-corrected chi connectivity index (χ3v) is 7.12. The number of ether oxygens (including phenoxy) is 2. The zero-order valence-corrected chi connectivity index (χ0v) is 19.0. The summed E-state index contributed by atoms with van der Waals surface area (Å²) in [4.78, 5) is 32.4. The van der Waals surface area contributed by atoms with Crippen LogP contribution in [0.25, 0.3) is 0 Å². The Hall–Kier alpha value is -2.75. The maximum atomic E-state index is 13.4. The van der Waals surface area contributed by atoms with Crippen molar-refractivity contribution < 1.29 is 23.6 Å². The molecule has 1 aromatic heterocycles. The van der Waals surface area contributed by atoms with Gasteiger partial charge in [0.25, 0.3) is 5.91 Å². The van der Waals surface area contributed by atoms with Crippen LogP contribution in [-0.2, 0) is 11.2 Å². The lowest BCUT2D eigenvalue weighted by Gasteiger charge is -2.29. The van der Waals surface area contributed by atoms with E-state index >= 15 is 0 Å². The van der Waals surface area contributed by atoms with Crippen molar-refractivity contribution in [1.82, 2.24) is 20.4 Å². The van der Waals surface area contributed by atoms with Gasteiger partial charge in [0.1, 0.15) is 11.4 Å². The fraction of sp³-hybridized carbons (Fsp3) is 0.524. The van der Waals surface area contributed by atoms with Gasteiger partial charge in [-0.1, -0.05) is 11.2 Å². The predicted molar refractivity (Wildman–Crippen MR) is 114 cm³/mol. The molecule has 2 aliphatic heterocycles. The van der Waals surface area contributed by atoms with Crippen molar-refractivity contribution in [2.45, 2.75) is 49.8 Å². The molecular weight excluding hydrogens is 420 g/mol. The smallest absolute Gasteiger partial charge is 0.260 e. The SMILES string of the molecule is COc1ccc2c(c1OC)C(=O)N1[C@H]2SC(C)(C)[C@H]1C(=O)NCCCc1nc(C)no1. The van der Waals surface area contributed by atoms with E-state index in [1.165, 1.54) is 14.2 Å². The van der Waals surface area contributed by atoms with Gasteiger partial charge in [-0.25, -0.2) is 0 Å². The van der Waals surface area contributed by atoms with Gasteiger partial charge in [-0.2, -0.15) is 4.98 Å². The molecule has 0 bridgehead atoms. The van der Waals surface area contributed by atoms with Gasteiger partial charge in [-0.3, -0.25) is 9.59 Å². The molecule has 0 saturated carbocycles. The van der Waals surface area contributed by atoms with Crippen molar-refractivity contribution in [2.24, 2.45) is 0 Å². The molecule has 2 amide bonds. The average Bonchev–Trinajstić information content (AvgIpc) is 3.35. The lowest BCUT2D eigenvalue weighted by atomic mass is 10.0. The van der Waals surface area contributed by atoms with E-state index in [4.69, 9.17) is 14.0 Å². The minimum Gasteiger partial charge on any atom is -0.493 e. The number of nitrogens with zero attached hydrogens (tertiary/aromatic N) is 3. The summed E-state index contributed by atoms with van der Waals surface area (Å²) in [5.41, 5.74) is 1.32. The van der Waals surface area contributed by atoms with Gasteiger partial charge in [0.2, 0.25) is 11.8 Å². The topological polar surface area (TPSA) is 107 Å². The van der Waals surface area contributed by atoms with Gasteiger partial charge >= 0.3 is 0 Å². The Bertz CT molecular complexity index is 1020. The van der Waals surface area contributed by atoms with E-state index in [1.54, 1.807) is 29.7 Å². The molecule has 0 aliphatic carbocycles. The lowest BCUT2D eigenvalue weighted by Crippen LogP contribution is -2.52. The second-order valence-corrected chi connectivity index (χ2v) is 9.82. The lowest BCUT2D eigenvalue weighted by molar-refractivity contribution is -0.126. The molecule has 2 atom stereocenters. The van der Waals surface area contributed by atoms with E-state index in [2.05, 4.69) is 15.5 Å². The standard InChI is InChI=1S/C21H26N4O5S/c1-11-23-14(30-24-11)7-6-10-22-18(26)17-21(2,3)31-20-12-8-9-13(28-4)16(29-5)15(12)19(27)25(17)20/h8-9,17,20H,6-7,10H2,1-5H3,(H,22,26)/t17-,20+/m1/s1. The highest BCUT2D eigenvalue weighted by Gasteiger charge is 2.58. The number of aromatic nitrogens is 2. The number of benzene rings is 1. The molecule has 2 aromatic rings. The number of thioether (sulfide) groups is 1. The Morgan fingerprint density at radius 2 is 2.10 bits per heavy atom. The molecule has 9 nitrogen and oxygen atoms in total. The van der Waals surface area contributed by atoms with Crippen LogP contribution in [0.2, 0.25) is 0 Å². The number of fused-ring (bicyclic) bond motifs is 3. The zero-order chi connectivity index (χ0) is 22.3. The van der Waals surface area contributed by atoms with Crippen molar-refractivity contribution >= 4 is 23.6 Å². The van der Waals surface area contributed by atoms with Gasteiger partial charge in [-0.05, 0) is 33.3 Å². The molecule has 3 heterocycles. The van der Waals surface area contributed by atoms with E-state index < -0.39 is 10.8 Å². The predicted octanol–water partition coefficient (Wildman–Crippen LogP) is 2.49. The van der Waals surface area contributed by atoms with Crippen LogP contribution in [0.1, 0.15) is 53.3 Å². The summed E-state index contributed by atoms with van der Waals surface area (Å²) in [6.07, 6.45) is 1.24. The first-order valence-corrected chi connectivity index (χ1v) is 11.0. The summed E-state index contributed by atoms with van der Waals surface area (Å²) < 4.78 is 15.5. The van der Waals surface area contributed by atoms with Gasteiger partial charge in [-0.15, -0.1) is 11.8 Å². The highest BCUT2D eigenvalue weighted by molar-refractivity contribution is 8.01. The van der Waals surface area contributed by atoms with Gasteiger partial charge < -0.3 is 24.2 Å². The first kappa shape index (κ1) is 21.5. The molecule has 1 aromatic carbocycles.